The summed E-state index contributed by atoms with van der Waals surface area (Å²) in [7, 11) is 1.65. The zero-order valence-corrected chi connectivity index (χ0v) is 18.8. The molecular weight excluding hydrogens is 450 g/mol. The molecule has 0 bridgehead atoms. The number of fused-ring (bicyclic) bond motifs is 1. The van der Waals surface area contributed by atoms with Gasteiger partial charge in [-0.1, -0.05) is 39.8 Å². The van der Waals surface area contributed by atoms with Crippen LogP contribution in [-0.4, -0.2) is 22.9 Å². The van der Waals surface area contributed by atoms with E-state index in [1.54, 1.807) is 18.9 Å². The van der Waals surface area contributed by atoms with Gasteiger partial charge in [-0.3, -0.25) is 9.47 Å². The molecule has 29 heavy (non-hydrogen) atoms. The van der Waals surface area contributed by atoms with Gasteiger partial charge in [0.05, 0.1) is 18.2 Å². The van der Waals surface area contributed by atoms with Crippen molar-refractivity contribution in [2.45, 2.75) is 30.2 Å². The van der Waals surface area contributed by atoms with Gasteiger partial charge >= 0.3 is 0 Å². The molecule has 4 rings (SSSR count). The first-order valence-corrected chi connectivity index (χ1v) is 11.0. The predicted molar refractivity (Wildman–Crippen MR) is 121 cm³/mol. The lowest BCUT2D eigenvalue weighted by Crippen LogP contribution is -2.41. The zero-order valence-electron chi connectivity index (χ0n) is 16.4. The first kappa shape index (κ1) is 19.9. The summed E-state index contributed by atoms with van der Waals surface area (Å²) in [6.07, 6.45) is 0. The van der Waals surface area contributed by atoms with Crippen molar-refractivity contribution in [2.24, 2.45) is 0 Å². The van der Waals surface area contributed by atoms with Gasteiger partial charge in [0, 0.05) is 15.9 Å². The number of rotatable bonds is 4. The average molecular weight is 472 g/mol. The molecule has 3 aromatic rings. The van der Waals surface area contributed by atoms with Crippen molar-refractivity contribution in [2.75, 3.05) is 17.9 Å². The summed E-state index contributed by atoms with van der Waals surface area (Å²) in [4.78, 5) is 13.3. The van der Waals surface area contributed by atoms with Crippen LogP contribution in [0.15, 0.2) is 64.1 Å². The molecule has 2 heterocycles. The molecule has 2 aromatic carbocycles. The molecule has 1 aliphatic heterocycles. The van der Waals surface area contributed by atoms with E-state index >= 15 is 0 Å². The summed E-state index contributed by atoms with van der Waals surface area (Å²) >= 11 is 5.05. The van der Waals surface area contributed by atoms with Crippen LogP contribution in [0.3, 0.4) is 0 Å². The maximum Gasteiger partial charge on any atom is 0.240 e. The molecule has 0 radical (unpaired) electrons. The summed E-state index contributed by atoms with van der Waals surface area (Å²) in [5.74, 6) is 0.764. The van der Waals surface area contributed by atoms with Crippen LogP contribution >= 0.6 is 27.7 Å². The third kappa shape index (κ3) is 4.02. The van der Waals surface area contributed by atoms with E-state index in [2.05, 4.69) is 32.7 Å². The number of benzene rings is 2. The zero-order chi connectivity index (χ0) is 20.5. The Morgan fingerprint density at radius 1 is 1.14 bits per heavy atom. The van der Waals surface area contributed by atoms with Crippen LogP contribution in [-0.2, 0) is 4.79 Å². The highest BCUT2D eigenvalue weighted by atomic mass is 79.9. The molecule has 0 saturated carbocycles. The van der Waals surface area contributed by atoms with Gasteiger partial charge in [0.1, 0.15) is 11.0 Å². The highest BCUT2D eigenvalue weighted by molar-refractivity contribution is 9.10. The molecule has 0 saturated heterocycles. The lowest BCUT2D eigenvalue weighted by atomic mass is 10.0. The van der Waals surface area contributed by atoms with Crippen molar-refractivity contribution in [1.29, 1.82) is 0 Å². The number of hydrogen-bond donors (Lipinski definition) is 2. The molecule has 150 valence electrons. The summed E-state index contributed by atoms with van der Waals surface area (Å²) in [6.45, 7) is 4.04. The SMILES string of the molecule is COc1ccc(C2Nn3c(C)ccc3SC2C(=O)Nc2ccc(Br)cc2C)cc1. The van der Waals surface area contributed by atoms with E-state index in [0.29, 0.717) is 0 Å². The Kier molecular flexibility index (Phi) is 5.61. The van der Waals surface area contributed by atoms with Gasteiger partial charge in [-0.25, -0.2) is 0 Å². The molecule has 2 N–H and O–H groups in total. The number of nitrogens with zero attached hydrogens (tertiary/aromatic N) is 1. The summed E-state index contributed by atoms with van der Waals surface area (Å²) in [6, 6.07) is 17.6. The predicted octanol–water partition coefficient (Wildman–Crippen LogP) is 5.27. The summed E-state index contributed by atoms with van der Waals surface area (Å²) in [5, 5.41) is 3.81. The number of halogens is 1. The van der Waals surface area contributed by atoms with E-state index in [1.807, 2.05) is 67.1 Å². The highest BCUT2D eigenvalue weighted by Gasteiger charge is 2.36. The molecule has 0 fully saturated rings. The number of ether oxygens (including phenoxy) is 1. The number of carbonyl (C=O) groups is 1. The Balaban J connectivity index is 1.66. The number of carbonyl (C=O) groups excluding carboxylic acids is 1. The lowest BCUT2D eigenvalue weighted by Gasteiger charge is -2.34. The van der Waals surface area contributed by atoms with Crippen molar-refractivity contribution in [1.82, 2.24) is 4.68 Å². The van der Waals surface area contributed by atoms with Crippen molar-refractivity contribution < 1.29 is 9.53 Å². The number of aromatic nitrogens is 1. The molecule has 1 aromatic heterocycles. The molecule has 7 heteroatoms. The number of methoxy groups -OCH3 is 1. The number of hydrogen-bond acceptors (Lipinski definition) is 4. The van der Waals surface area contributed by atoms with Gasteiger partial charge in [-0.15, -0.1) is 0 Å². The number of amides is 1. The van der Waals surface area contributed by atoms with Crippen LogP contribution in [0.2, 0.25) is 0 Å². The van der Waals surface area contributed by atoms with E-state index in [9.17, 15) is 4.79 Å². The Morgan fingerprint density at radius 2 is 1.90 bits per heavy atom. The third-order valence-corrected chi connectivity index (χ3v) is 6.83. The van der Waals surface area contributed by atoms with Gasteiger partial charge < -0.3 is 15.5 Å². The van der Waals surface area contributed by atoms with Gasteiger partial charge in [0.25, 0.3) is 0 Å². The van der Waals surface area contributed by atoms with Crippen LogP contribution < -0.4 is 15.5 Å². The minimum absolute atomic E-state index is 0.0288. The number of nitrogens with one attached hydrogen (secondary N) is 2. The molecule has 1 amide bonds. The van der Waals surface area contributed by atoms with E-state index in [4.69, 9.17) is 4.74 Å². The quantitative estimate of drug-likeness (QED) is 0.543. The van der Waals surface area contributed by atoms with Crippen LogP contribution in [0.25, 0.3) is 0 Å². The second-order valence-electron chi connectivity index (χ2n) is 7.02. The molecule has 2 unspecified atom stereocenters. The maximum atomic E-state index is 13.3. The highest BCUT2D eigenvalue weighted by Crippen LogP contribution is 2.39. The van der Waals surface area contributed by atoms with Crippen molar-refractivity contribution in [3.05, 3.63) is 75.9 Å². The Morgan fingerprint density at radius 3 is 2.59 bits per heavy atom. The standard InChI is InChI=1S/C22H22BrN3O2S/c1-13-12-16(23)7-10-18(13)24-22(27)21-20(15-5-8-17(28-3)9-6-15)25-26-14(2)4-11-19(26)29-21/h4-12,20-21,25H,1-3H3,(H,24,27). The van der Waals surface area contributed by atoms with Crippen LogP contribution in [0.4, 0.5) is 5.69 Å². The van der Waals surface area contributed by atoms with E-state index < -0.39 is 0 Å². The second kappa shape index (κ2) is 8.16. The maximum absolute atomic E-state index is 13.3. The second-order valence-corrected chi connectivity index (χ2v) is 9.09. The van der Waals surface area contributed by atoms with Gasteiger partial charge in [-0.05, 0) is 67.4 Å². The van der Waals surface area contributed by atoms with Gasteiger partial charge in [0.15, 0.2) is 0 Å². The van der Waals surface area contributed by atoms with Gasteiger partial charge in [0.2, 0.25) is 5.91 Å². The van der Waals surface area contributed by atoms with Crippen molar-refractivity contribution in [3.63, 3.8) is 0 Å². The molecular formula is C22H22BrN3O2S. The van der Waals surface area contributed by atoms with E-state index in [-0.39, 0.29) is 17.2 Å². The van der Waals surface area contributed by atoms with Crippen LogP contribution in [0.1, 0.15) is 22.9 Å². The molecule has 2 atom stereocenters. The average Bonchev–Trinajstić information content (AvgIpc) is 3.09. The first-order chi connectivity index (χ1) is 14.0. The summed E-state index contributed by atoms with van der Waals surface area (Å²) < 4.78 is 8.32. The smallest absolute Gasteiger partial charge is 0.240 e. The Bertz CT molecular complexity index is 1050. The normalized spacial score (nSPS) is 17.9. The van der Waals surface area contributed by atoms with Crippen LogP contribution in [0, 0.1) is 13.8 Å². The minimum Gasteiger partial charge on any atom is -0.497 e. The van der Waals surface area contributed by atoms with E-state index in [0.717, 1.165) is 37.8 Å². The largest absolute Gasteiger partial charge is 0.497 e. The topological polar surface area (TPSA) is 55.3 Å². The summed E-state index contributed by atoms with van der Waals surface area (Å²) in [5.41, 5.74) is 7.50. The van der Waals surface area contributed by atoms with Gasteiger partial charge in [-0.2, -0.15) is 0 Å². The van der Waals surface area contributed by atoms with Crippen molar-refractivity contribution in [3.8, 4) is 5.75 Å². The number of aryl methyl sites for hydroxylation is 2. The third-order valence-electron chi connectivity index (χ3n) is 5.04. The lowest BCUT2D eigenvalue weighted by molar-refractivity contribution is -0.116. The molecule has 0 aliphatic carbocycles. The fraction of sp³-hybridized carbons (Fsp3) is 0.227. The van der Waals surface area contributed by atoms with Crippen LogP contribution in [0.5, 0.6) is 5.75 Å². The fourth-order valence-electron chi connectivity index (χ4n) is 3.41. The minimum atomic E-state index is -0.326. The van der Waals surface area contributed by atoms with Crippen molar-refractivity contribution >= 4 is 39.3 Å². The first-order valence-electron chi connectivity index (χ1n) is 9.29. The Hall–Kier alpha value is -2.38. The fourth-order valence-corrected chi connectivity index (χ4v) is 5.12. The number of thioether (sulfide) groups is 1. The molecule has 5 nitrogen and oxygen atoms in total. The molecule has 1 aliphatic rings. The number of anilines is 1. The molecule has 0 spiro atoms. The Labute approximate surface area is 182 Å². The monoisotopic (exact) mass is 471 g/mol. The van der Waals surface area contributed by atoms with E-state index in [1.165, 1.54) is 0 Å².